The molecule has 3 rings (SSSR count). The molecule has 0 radical (unpaired) electrons. The number of benzene rings is 1. The first kappa shape index (κ1) is 19.3. The summed E-state index contributed by atoms with van der Waals surface area (Å²) in [6, 6.07) is 7.25. The Morgan fingerprint density at radius 3 is 2.73 bits per heavy atom. The van der Waals surface area contributed by atoms with Gasteiger partial charge in [0.2, 0.25) is 0 Å². The van der Waals surface area contributed by atoms with Crippen molar-refractivity contribution in [3.05, 3.63) is 62.7 Å². The van der Waals surface area contributed by atoms with Crippen LogP contribution in [-0.4, -0.2) is 21.6 Å². The average molecular weight is 444 g/mol. The van der Waals surface area contributed by atoms with Crippen LogP contribution in [0, 0.1) is 0 Å². The first-order valence-corrected chi connectivity index (χ1v) is 10.00. The van der Waals surface area contributed by atoms with Gasteiger partial charge in [-0.3, -0.25) is 4.98 Å². The lowest BCUT2D eigenvalue weighted by Gasteiger charge is -2.11. The molecule has 26 heavy (non-hydrogen) atoms. The highest BCUT2D eigenvalue weighted by molar-refractivity contribution is 7.80. The first-order chi connectivity index (χ1) is 12.5. The molecule has 9 heteroatoms. The summed E-state index contributed by atoms with van der Waals surface area (Å²) in [5, 5.41) is 10.9. The highest BCUT2D eigenvalue weighted by Gasteiger charge is 2.10. The summed E-state index contributed by atoms with van der Waals surface area (Å²) in [6.07, 6.45) is 4.10. The Hall–Kier alpha value is -1.44. The number of thiazole rings is 1. The maximum atomic E-state index is 6.20. The number of thiocarbonyl (C=S) groups is 1. The zero-order valence-corrected chi connectivity index (χ0v) is 17.2. The summed E-state index contributed by atoms with van der Waals surface area (Å²) in [7, 11) is 0. The summed E-state index contributed by atoms with van der Waals surface area (Å²) in [5.74, 6) is 0. The van der Waals surface area contributed by atoms with Crippen LogP contribution >= 0.6 is 58.4 Å². The number of pyridine rings is 1. The van der Waals surface area contributed by atoms with Crippen LogP contribution in [0.4, 0.5) is 5.13 Å². The quantitative estimate of drug-likeness (QED) is 0.391. The molecule has 0 amide bonds. The Morgan fingerprint density at radius 2 is 1.96 bits per heavy atom. The number of nitrogens with zero attached hydrogens (tertiary/aromatic N) is 2. The van der Waals surface area contributed by atoms with E-state index in [1.807, 2.05) is 17.5 Å². The molecule has 0 atom stereocenters. The molecule has 2 aromatic heterocycles. The minimum Gasteiger partial charge on any atom is -0.362 e. The van der Waals surface area contributed by atoms with Gasteiger partial charge in [-0.1, -0.05) is 34.8 Å². The van der Waals surface area contributed by atoms with Crippen LogP contribution in [-0.2, 0) is 6.42 Å². The standard InChI is InChI=1S/C17H13Cl3N4S2/c18-12-3-4-13(19)15(20)11(12)5-7-22-16(25)24-17-23-14(9-26-17)10-2-1-6-21-8-10/h1-4,6,8-9H,5,7H2,(H2,22,23,24,25). The van der Waals surface area contributed by atoms with Crippen molar-refractivity contribution in [3.8, 4) is 11.3 Å². The molecule has 2 N–H and O–H groups in total. The highest BCUT2D eigenvalue weighted by Crippen LogP contribution is 2.31. The van der Waals surface area contributed by atoms with Gasteiger partial charge in [0, 0.05) is 34.9 Å². The Kier molecular flexibility index (Phi) is 6.67. The fraction of sp³-hybridized carbons (Fsp3) is 0.118. The predicted octanol–water partition coefficient (Wildman–Crippen LogP) is 5.69. The zero-order chi connectivity index (χ0) is 18.5. The second-order valence-electron chi connectivity index (χ2n) is 5.23. The Balaban J connectivity index is 1.54. The van der Waals surface area contributed by atoms with Crippen LogP contribution in [0.2, 0.25) is 15.1 Å². The number of rotatable bonds is 5. The van der Waals surface area contributed by atoms with E-state index >= 15 is 0 Å². The Labute approximate surface area is 175 Å². The van der Waals surface area contributed by atoms with Gasteiger partial charge >= 0.3 is 0 Å². The Bertz CT molecular complexity index is 916. The molecule has 0 spiro atoms. The van der Waals surface area contributed by atoms with E-state index in [2.05, 4.69) is 20.6 Å². The molecule has 4 nitrogen and oxygen atoms in total. The van der Waals surface area contributed by atoms with Gasteiger partial charge in [-0.2, -0.15) is 0 Å². The van der Waals surface area contributed by atoms with E-state index in [0.29, 0.717) is 38.3 Å². The Morgan fingerprint density at radius 1 is 1.15 bits per heavy atom. The van der Waals surface area contributed by atoms with Gasteiger partial charge in [0.05, 0.1) is 15.7 Å². The molecular formula is C17H13Cl3N4S2. The van der Waals surface area contributed by atoms with Crippen LogP contribution in [0.15, 0.2) is 42.0 Å². The lowest BCUT2D eigenvalue weighted by Crippen LogP contribution is -2.30. The van der Waals surface area contributed by atoms with E-state index in [1.165, 1.54) is 11.3 Å². The van der Waals surface area contributed by atoms with E-state index in [9.17, 15) is 0 Å². The third-order valence-electron chi connectivity index (χ3n) is 3.48. The molecule has 2 heterocycles. The number of hydrogen-bond acceptors (Lipinski definition) is 4. The molecule has 0 saturated heterocycles. The van der Waals surface area contributed by atoms with Crippen molar-refractivity contribution >= 4 is 68.6 Å². The van der Waals surface area contributed by atoms with Gasteiger partial charge in [0.15, 0.2) is 10.2 Å². The van der Waals surface area contributed by atoms with Crippen LogP contribution in [0.1, 0.15) is 5.56 Å². The molecule has 134 valence electrons. The summed E-state index contributed by atoms with van der Waals surface area (Å²) >= 11 is 25.2. The van der Waals surface area contributed by atoms with Gasteiger partial charge in [-0.05, 0) is 48.5 Å². The minimum absolute atomic E-state index is 0.473. The van der Waals surface area contributed by atoms with E-state index in [4.69, 9.17) is 47.0 Å². The van der Waals surface area contributed by atoms with Crippen molar-refractivity contribution in [2.45, 2.75) is 6.42 Å². The topological polar surface area (TPSA) is 49.8 Å². The smallest absolute Gasteiger partial charge is 0.189 e. The summed E-state index contributed by atoms with van der Waals surface area (Å²) < 4.78 is 0. The summed E-state index contributed by atoms with van der Waals surface area (Å²) in [5.41, 5.74) is 2.61. The third kappa shape index (κ3) is 4.84. The number of anilines is 1. The average Bonchev–Trinajstić information content (AvgIpc) is 3.10. The van der Waals surface area contributed by atoms with E-state index in [0.717, 1.165) is 16.8 Å². The number of nitrogens with one attached hydrogen (secondary N) is 2. The molecule has 0 saturated carbocycles. The van der Waals surface area contributed by atoms with Crippen molar-refractivity contribution < 1.29 is 0 Å². The van der Waals surface area contributed by atoms with Crippen molar-refractivity contribution in [1.82, 2.24) is 15.3 Å². The van der Waals surface area contributed by atoms with Gasteiger partial charge < -0.3 is 10.6 Å². The number of halogens is 3. The van der Waals surface area contributed by atoms with Crippen LogP contribution in [0.25, 0.3) is 11.3 Å². The van der Waals surface area contributed by atoms with Crippen LogP contribution < -0.4 is 10.6 Å². The summed E-state index contributed by atoms with van der Waals surface area (Å²) in [4.78, 5) is 8.60. The number of aromatic nitrogens is 2. The molecule has 3 aromatic rings. The largest absolute Gasteiger partial charge is 0.362 e. The molecule has 0 aliphatic heterocycles. The van der Waals surface area contributed by atoms with Crippen molar-refractivity contribution in [2.24, 2.45) is 0 Å². The maximum absolute atomic E-state index is 6.20. The van der Waals surface area contributed by atoms with Gasteiger partial charge in [0.1, 0.15) is 0 Å². The van der Waals surface area contributed by atoms with Gasteiger partial charge in [0.25, 0.3) is 0 Å². The number of hydrogen-bond donors (Lipinski definition) is 2. The van der Waals surface area contributed by atoms with Crippen LogP contribution in [0.3, 0.4) is 0 Å². The SMILES string of the molecule is S=C(NCCc1c(Cl)ccc(Cl)c1Cl)Nc1nc(-c2cccnc2)cs1. The molecule has 1 aromatic carbocycles. The minimum atomic E-state index is 0.473. The van der Waals surface area contributed by atoms with Gasteiger partial charge in [-0.15, -0.1) is 11.3 Å². The zero-order valence-electron chi connectivity index (χ0n) is 13.3. The molecule has 0 bridgehead atoms. The van der Waals surface area contributed by atoms with Gasteiger partial charge in [-0.25, -0.2) is 4.98 Å². The maximum Gasteiger partial charge on any atom is 0.189 e. The fourth-order valence-electron chi connectivity index (χ4n) is 2.22. The monoisotopic (exact) mass is 442 g/mol. The molecule has 0 aliphatic carbocycles. The van der Waals surface area contributed by atoms with E-state index < -0.39 is 0 Å². The lowest BCUT2D eigenvalue weighted by atomic mass is 10.1. The molecule has 0 fully saturated rings. The van der Waals surface area contributed by atoms with E-state index in [1.54, 1.807) is 24.5 Å². The normalized spacial score (nSPS) is 10.6. The van der Waals surface area contributed by atoms with Crippen molar-refractivity contribution in [1.29, 1.82) is 0 Å². The van der Waals surface area contributed by atoms with Crippen molar-refractivity contribution in [2.75, 3.05) is 11.9 Å². The lowest BCUT2D eigenvalue weighted by molar-refractivity contribution is 0.873. The molecule has 0 aliphatic rings. The highest BCUT2D eigenvalue weighted by atomic mass is 35.5. The second-order valence-corrected chi connectivity index (χ2v) is 7.69. The fourth-order valence-corrected chi connectivity index (χ4v) is 3.94. The molecule has 0 unspecified atom stereocenters. The molecular weight excluding hydrogens is 431 g/mol. The van der Waals surface area contributed by atoms with Crippen LogP contribution in [0.5, 0.6) is 0 Å². The summed E-state index contributed by atoms with van der Waals surface area (Å²) in [6.45, 7) is 0.562. The predicted molar refractivity (Wildman–Crippen MR) is 115 cm³/mol. The second kappa shape index (κ2) is 8.97. The van der Waals surface area contributed by atoms with Crippen molar-refractivity contribution in [3.63, 3.8) is 0 Å². The third-order valence-corrected chi connectivity index (χ3v) is 5.68. The van der Waals surface area contributed by atoms with E-state index in [-0.39, 0.29) is 0 Å². The first-order valence-electron chi connectivity index (χ1n) is 7.57.